The van der Waals surface area contributed by atoms with Crippen molar-refractivity contribution in [1.82, 2.24) is 25.3 Å². The Morgan fingerprint density at radius 1 is 1.07 bits per heavy atom. The molecule has 13 heteroatoms. The van der Waals surface area contributed by atoms with E-state index in [9.17, 15) is 27.1 Å². The lowest BCUT2D eigenvalue weighted by Crippen LogP contribution is -2.64. The molecular weight excluding hydrogens is 542 g/mol. The van der Waals surface area contributed by atoms with Gasteiger partial charge in [-0.25, -0.2) is 23.4 Å². The number of carbonyl (C=O) groups is 1. The Labute approximate surface area is 228 Å². The number of anilines is 1. The maximum absolute atomic E-state index is 12.9. The molecule has 1 aromatic carbocycles. The number of hydrogen-bond donors (Lipinski definition) is 2. The third-order valence-electron chi connectivity index (χ3n) is 7.30. The molecule has 1 saturated heterocycles. The molecule has 1 aliphatic heterocycles. The average molecular weight is 567 g/mol. The van der Waals surface area contributed by atoms with Crippen LogP contribution in [-0.4, -0.2) is 64.3 Å². The number of nitrogens with one attached hydrogen (secondary N) is 1. The molecule has 6 rings (SSSR count). The van der Waals surface area contributed by atoms with Crippen LogP contribution in [-0.2, 0) is 16.4 Å². The first-order chi connectivity index (χ1) is 19.1. The number of halogens is 2. The van der Waals surface area contributed by atoms with Crippen molar-refractivity contribution >= 4 is 32.6 Å². The van der Waals surface area contributed by atoms with Crippen LogP contribution in [0.5, 0.6) is 0 Å². The van der Waals surface area contributed by atoms with Crippen LogP contribution in [0.25, 0.3) is 22.3 Å². The molecule has 3 aromatic heterocycles. The number of amides is 1. The minimum Gasteiger partial charge on any atom is -0.393 e. The second-order valence-corrected chi connectivity index (χ2v) is 12.2. The number of aromatic nitrogens is 4. The summed E-state index contributed by atoms with van der Waals surface area (Å²) in [6.45, 7) is 1.66. The van der Waals surface area contributed by atoms with Gasteiger partial charge in [0.2, 0.25) is 15.8 Å². The summed E-state index contributed by atoms with van der Waals surface area (Å²) in [7, 11) is -4.82. The number of aliphatic hydroxyl groups excluding tert-OH is 1. The number of alkyl halides is 2. The summed E-state index contributed by atoms with van der Waals surface area (Å²) in [5.41, 5.74) is 2.55. The standard InChI is InChI=1S/C27H24F2N6O4S/c28-25(29)40(38,39)20-3-1-2-16(8-20)24(37)32-13-18-9-23-17(12-31-18)4-5-21(33-23)22-6-7-30-26(34-22)35-14-27(15-35)10-19(36)11-27/h1-9,12,19,25,36H,10-11,13-15H2,(H,32,37). The van der Waals surface area contributed by atoms with Gasteiger partial charge in [0.1, 0.15) is 0 Å². The zero-order valence-corrected chi connectivity index (χ0v) is 21.9. The maximum atomic E-state index is 12.9. The predicted molar refractivity (Wildman–Crippen MR) is 141 cm³/mol. The van der Waals surface area contributed by atoms with Gasteiger partial charge in [-0.15, -0.1) is 0 Å². The second kappa shape index (κ2) is 9.82. The number of aliphatic hydroxyl groups is 1. The van der Waals surface area contributed by atoms with E-state index in [-0.39, 0.29) is 23.6 Å². The van der Waals surface area contributed by atoms with Crippen molar-refractivity contribution in [2.45, 2.75) is 36.1 Å². The summed E-state index contributed by atoms with van der Waals surface area (Å²) in [5, 5.41) is 13.1. The fourth-order valence-corrected chi connectivity index (χ4v) is 6.00. The van der Waals surface area contributed by atoms with Gasteiger partial charge in [-0.05, 0) is 55.3 Å². The van der Waals surface area contributed by atoms with Gasteiger partial charge in [0.25, 0.3) is 5.91 Å². The van der Waals surface area contributed by atoms with Crippen molar-refractivity contribution < 1.29 is 27.1 Å². The maximum Gasteiger partial charge on any atom is 0.341 e. The van der Waals surface area contributed by atoms with Gasteiger partial charge >= 0.3 is 5.76 Å². The van der Waals surface area contributed by atoms with Crippen molar-refractivity contribution in [3.63, 3.8) is 0 Å². The summed E-state index contributed by atoms with van der Waals surface area (Å²) < 4.78 is 49.2. The van der Waals surface area contributed by atoms with E-state index in [1.807, 2.05) is 12.1 Å². The Bertz CT molecular complexity index is 1720. The molecule has 0 unspecified atom stereocenters. The number of benzene rings is 1. The number of fused-ring (bicyclic) bond motifs is 1. The monoisotopic (exact) mass is 566 g/mol. The molecule has 2 aliphatic rings. The summed E-state index contributed by atoms with van der Waals surface area (Å²) in [6.07, 6.45) is 4.76. The van der Waals surface area contributed by atoms with E-state index >= 15 is 0 Å². The Hall–Kier alpha value is -4.10. The first-order valence-corrected chi connectivity index (χ1v) is 14.1. The fourth-order valence-electron chi connectivity index (χ4n) is 5.23. The van der Waals surface area contributed by atoms with Crippen LogP contribution in [0.15, 0.2) is 65.8 Å². The molecule has 2 N–H and O–H groups in total. The molecular formula is C27H24F2N6O4S. The molecule has 1 aliphatic carbocycles. The summed E-state index contributed by atoms with van der Waals surface area (Å²) in [6, 6.07) is 11.7. The summed E-state index contributed by atoms with van der Waals surface area (Å²) in [5.74, 6) is -3.59. The molecule has 1 amide bonds. The highest BCUT2D eigenvalue weighted by molar-refractivity contribution is 7.91. The van der Waals surface area contributed by atoms with E-state index in [0.717, 1.165) is 43.5 Å². The molecule has 2 fully saturated rings. The van der Waals surface area contributed by atoms with Crippen LogP contribution in [0.2, 0.25) is 0 Å². The van der Waals surface area contributed by atoms with Gasteiger partial charge in [0.15, 0.2) is 0 Å². The largest absolute Gasteiger partial charge is 0.393 e. The Morgan fingerprint density at radius 2 is 1.85 bits per heavy atom. The highest BCUT2D eigenvalue weighted by Crippen LogP contribution is 2.49. The van der Waals surface area contributed by atoms with Crippen molar-refractivity contribution in [3.8, 4) is 11.4 Å². The van der Waals surface area contributed by atoms with Gasteiger partial charge in [-0.2, -0.15) is 8.78 Å². The van der Waals surface area contributed by atoms with E-state index in [0.29, 0.717) is 28.5 Å². The first kappa shape index (κ1) is 26.1. The zero-order chi connectivity index (χ0) is 28.1. The molecule has 4 heterocycles. The SMILES string of the molecule is O=C(NCc1cc2nc(-c3ccnc(N4CC5(CC(O)C5)C4)n3)ccc2cn1)c1cccc(S(=O)(=O)C(F)F)c1. The minimum absolute atomic E-state index is 0.00949. The zero-order valence-electron chi connectivity index (χ0n) is 21.0. The normalized spacial score (nSPS) is 16.6. The number of rotatable bonds is 7. The van der Waals surface area contributed by atoms with E-state index in [1.165, 1.54) is 12.1 Å². The van der Waals surface area contributed by atoms with Gasteiger partial charge in [-0.3, -0.25) is 9.78 Å². The number of sulfone groups is 1. The average Bonchev–Trinajstić information content (AvgIpc) is 2.92. The Kier molecular flexibility index (Phi) is 6.42. The number of pyridine rings is 2. The Balaban J connectivity index is 1.16. The van der Waals surface area contributed by atoms with Crippen LogP contribution < -0.4 is 10.2 Å². The smallest absolute Gasteiger partial charge is 0.341 e. The van der Waals surface area contributed by atoms with Gasteiger partial charge < -0.3 is 15.3 Å². The van der Waals surface area contributed by atoms with Crippen molar-refractivity contribution in [3.05, 3.63) is 72.2 Å². The molecule has 0 radical (unpaired) electrons. The molecule has 10 nitrogen and oxygen atoms in total. The lowest BCUT2D eigenvalue weighted by atomic mass is 9.62. The lowest BCUT2D eigenvalue weighted by molar-refractivity contribution is -0.0497. The van der Waals surface area contributed by atoms with E-state index in [4.69, 9.17) is 9.97 Å². The molecule has 0 bridgehead atoms. The molecule has 1 spiro atoms. The number of nitrogens with zero attached hydrogens (tertiary/aromatic N) is 5. The quantitative estimate of drug-likeness (QED) is 0.346. The molecule has 40 heavy (non-hydrogen) atoms. The van der Waals surface area contributed by atoms with E-state index in [2.05, 4.69) is 20.2 Å². The van der Waals surface area contributed by atoms with Crippen LogP contribution in [0.1, 0.15) is 28.9 Å². The molecule has 4 aromatic rings. The lowest BCUT2D eigenvalue weighted by Gasteiger charge is -2.57. The topological polar surface area (TPSA) is 138 Å². The van der Waals surface area contributed by atoms with Crippen LogP contribution in [0.3, 0.4) is 0 Å². The van der Waals surface area contributed by atoms with Gasteiger partial charge in [0.05, 0.1) is 40.1 Å². The summed E-state index contributed by atoms with van der Waals surface area (Å²) >= 11 is 0. The van der Waals surface area contributed by atoms with Gasteiger partial charge in [0, 0.05) is 41.8 Å². The highest BCUT2D eigenvalue weighted by Gasteiger charge is 2.52. The number of hydrogen-bond acceptors (Lipinski definition) is 9. The third-order valence-corrected chi connectivity index (χ3v) is 8.68. The van der Waals surface area contributed by atoms with E-state index < -0.39 is 26.4 Å². The van der Waals surface area contributed by atoms with Crippen molar-refractivity contribution in [2.24, 2.45) is 5.41 Å². The van der Waals surface area contributed by atoms with Crippen LogP contribution in [0.4, 0.5) is 14.7 Å². The molecule has 1 saturated carbocycles. The highest BCUT2D eigenvalue weighted by atomic mass is 32.2. The first-order valence-electron chi connectivity index (χ1n) is 12.5. The summed E-state index contributed by atoms with van der Waals surface area (Å²) in [4.78, 5) is 32.2. The van der Waals surface area contributed by atoms with Gasteiger partial charge in [-0.1, -0.05) is 6.07 Å². The fraction of sp³-hybridized carbons (Fsp3) is 0.296. The minimum atomic E-state index is -4.82. The van der Waals surface area contributed by atoms with Crippen LogP contribution in [0, 0.1) is 5.41 Å². The number of carbonyl (C=O) groups excluding carboxylic acids is 1. The molecule has 0 atom stereocenters. The second-order valence-electron chi connectivity index (χ2n) is 10.2. The molecule has 206 valence electrons. The van der Waals surface area contributed by atoms with Crippen molar-refractivity contribution in [2.75, 3.05) is 18.0 Å². The van der Waals surface area contributed by atoms with Crippen molar-refractivity contribution in [1.29, 1.82) is 0 Å². The third kappa shape index (κ3) is 4.86. The Morgan fingerprint density at radius 3 is 2.60 bits per heavy atom. The van der Waals surface area contributed by atoms with Crippen LogP contribution >= 0.6 is 0 Å². The predicted octanol–water partition coefficient (Wildman–Crippen LogP) is 2.97. The van der Waals surface area contributed by atoms with E-state index in [1.54, 1.807) is 24.5 Å².